The first-order chi connectivity index (χ1) is 13.0. The number of hydrogen-bond donors (Lipinski definition) is 0. The normalized spacial score (nSPS) is 17.1. The molecule has 6 heteroatoms. The molecule has 1 aromatic heterocycles. The van der Waals surface area contributed by atoms with E-state index in [4.69, 9.17) is 0 Å². The van der Waals surface area contributed by atoms with E-state index in [1.807, 2.05) is 60.3 Å². The van der Waals surface area contributed by atoms with Crippen LogP contribution in [0.3, 0.4) is 0 Å². The highest BCUT2D eigenvalue weighted by atomic mass is 32.2. The maximum atomic E-state index is 13.3. The van der Waals surface area contributed by atoms with Crippen LogP contribution in [0.4, 0.5) is 0 Å². The van der Waals surface area contributed by atoms with Crippen LogP contribution in [-0.4, -0.2) is 23.1 Å². The molecule has 0 atom stereocenters. The fourth-order valence-electron chi connectivity index (χ4n) is 3.20. The Bertz CT molecular complexity index is 1140. The van der Waals surface area contributed by atoms with Crippen molar-refractivity contribution in [2.45, 2.75) is 11.4 Å². The minimum Gasteiger partial charge on any atom is -0.351 e. The van der Waals surface area contributed by atoms with E-state index in [1.54, 1.807) is 24.3 Å². The van der Waals surface area contributed by atoms with Crippen molar-refractivity contribution in [2.24, 2.45) is 7.05 Å². The van der Waals surface area contributed by atoms with Gasteiger partial charge in [-0.15, -0.1) is 0 Å². The van der Waals surface area contributed by atoms with Gasteiger partial charge < -0.3 is 4.57 Å². The summed E-state index contributed by atoms with van der Waals surface area (Å²) in [5, 5.41) is 0. The van der Waals surface area contributed by atoms with Gasteiger partial charge in [-0.3, -0.25) is 9.10 Å². The zero-order valence-electron chi connectivity index (χ0n) is 14.7. The molecule has 0 saturated heterocycles. The van der Waals surface area contributed by atoms with Crippen molar-refractivity contribution < 1.29 is 13.2 Å². The van der Waals surface area contributed by atoms with E-state index in [0.717, 1.165) is 11.3 Å². The lowest BCUT2D eigenvalue weighted by molar-refractivity contribution is 0.100. The number of carbonyl (C=O) groups is 1. The standard InChI is InChI=1S/C21H18N2O3S/c1-22-13-7-10-17(22)14-19-21(24)18-11-5-6-12-20(18)27(25,26)23(19)15-16-8-3-2-4-9-16/h2-14H,15H2,1H3/b19-14+. The number of sulfonamides is 1. The second-order valence-electron chi connectivity index (χ2n) is 6.40. The van der Waals surface area contributed by atoms with Gasteiger partial charge in [0, 0.05) is 24.5 Å². The van der Waals surface area contributed by atoms with Crippen LogP contribution in [0.1, 0.15) is 21.6 Å². The van der Waals surface area contributed by atoms with Crippen molar-refractivity contribution in [3.63, 3.8) is 0 Å². The van der Waals surface area contributed by atoms with Crippen LogP contribution in [-0.2, 0) is 23.6 Å². The van der Waals surface area contributed by atoms with Crippen LogP contribution in [0.25, 0.3) is 6.08 Å². The number of ketones is 1. The molecule has 136 valence electrons. The van der Waals surface area contributed by atoms with Crippen LogP contribution >= 0.6 is 0 Å². The summed E-state index contributed by atoms with van der Waals surface area (Å²) in [5.41, 5.74) is 1.93. The molecule has 0 amide bonds. The average Bonchev–Trinajstić information content (AvgIpc) is 3.08. The van der Waals surface area contributed by atoms with Crippen LogP contribution in [0.5, 0.6) is 0 Å². The number of rotatable bonds is 3. The van der Waals surface area contributed by atoms with Gasteiger partial charge in [-0.25, -0.2) is 8.42 Å². The van der Waals surface area contributed by atoms with Gasteiger partial charge >= 0.3 is 0 Å². The molecule has 0 fully saturated rings. The van der Waals surface area contributed by atoms with Gasteiger partial charge in [-0.2, -0.15) is 0 Å². The zero-order chi connectivity index (χ0) is 19.0. The van der Waals surface area contributed by atoms with Crippen molar-refractivity contribution in [1.82, 2.24) is 8.87 Å². The molecule has 2 heterocycles. The third-order valence-electron chi connectivity index (χ3n) is 4.64. The SMILES string of the molecule is Cn1cccc1/C=C1\C(=O)c2ccccc2S(=O)(=O)N1Cc1ccccc1. The third-order valence-corrected chi connectivity index (χ3v) is 6.46. The number of carbonyl (C=O) groups excluding carboxylic acids is 1. The Balaban J connectivity index is 1.92. The number of fused-ring (bicyclic) bond motifs is 1. The molecule has 5 nitrogen and oxygen atoms in total. The largest absolute Gasteiger partial charge is 0.351 e. The number of allylic oxidation sites excluding steroid dienone is 1. The summed E-state index contributed by atoms with van der Waals surface area (Å²) in [6.07, 6.45) is 3.49. The molecule has 3 aromatic rings. The van der Waals surface area contributed by atoms with Crippen molar-refractivity contribution >= 4 is 21.9 Å². The quantitative estimate of drug-likeness (QED) is 0.656. The summed E-state index contributed by atoms with van der Waals surface area (Å²) in [6.45, 7) is 0.0967. The fraction of sp³-hybridized carbons (Fsp3) is 0.0952. The molecule has 0 saturated carbocycles. The highest BCUT2D eigenvalue weighted by Gasteiger charge is 2.39. The molecule has 27 heavy (non-hydrogen) atoms. The molecule has 1 aliphatic heterocycles. The van der Waals surface area contributed by atoms with Crippen molar-refractivity contribution in [3.8, 4) is 0 Å². The molecular formula is C21H18N2O3S. The molecule has 0 bridgehead atoms. The van der Waals surface area contributed by atoms with E-state index in [1.165, 1.54) is 10.4 Å². The third kappa shape index (κ3) is 2.98. The van der Waals surface area contributed by atoms with E-state index in [2.05, 4.69) is 0 Å². The van der Waals surface area contributed by atoms with E-state index in [9.17, 15) is 13.2 Å². The van der Waals surface area contributed by atoms with Crippen molar-refractivity contribution in [1.29, 1.82) is 0 Å². The first-order valence-electron chi connectivity index (χ1n) is 8.52. The summed E-state index contributed by atoms with van der Waals surface area (Å²) in [6, 6.07) is 19.3. The Morgan fingerprint density at radius 2 is 1.63 bits per heavy atom. The molecule has 1 aliphatic rings. The van der Waals surface area contributed by atoms with Crippen LogP contribution in [0.15, 0.2) is 83.5 Å². The van der Waals surface area contributed by atoms with E-state index < -0.39 is 10.0 Å². The minimum atomic E-state index is -3.84. The molecule has 2 aromatic carbocycles. The number of benzene rings is 2. The highest BCUT2D eigenvalue weighted by Crippen LogP contribution is 2.34. The second-order valence-corrected chi connectivity index (χ2v) is 8.23. The van der Waals surface area contributed by atoms with Gasteiger partial charge in [-0.1, -0.05) is 42.5 Å². The maximum absolute atomic E-state index is 13.3. The monoisotopic (exact) mass is 378 g/mol. The predicted molar refractivity (Wildman–Crippen MR) is 103 cm³/mol. The fourth-order valence-corrected chi connectivity index (χ4v) is 4.84. The number of Topliss-reactive ketones (excluding diaryl/α,β-unsaturated/α-hetero) is 1. The molecular weight excluding hydrogens is 360 g/mol. The van der Waals surface area contributed by atoms with E-state index in [-0.39, 0.29) is 28.5 Å². The van der Waals surface area contributed by atoms with Gasteiger partial charge in [0.2, 0.25) is 5.78 Å². The van der Waals surface area contributed by atoms with Crippen molar-refractivity contribution in [3.05, 3.63) is 95.4 Å². The maximum Gasteiger partial charge on any atom is 0.265 e. The number of aryl methyl sites for hydroxylation is 1. The van der Waals surface area contributed by atoms with Gasteiger partial charge in [0.25, 0.3) is 10.0 Å². The number of nitrogens with zero attached hydrogens (tertiary/aromatic N) is 2. The average molecular weight is 378 g/mol. The molecule has 0 unspecified atom stereocenters. The Morgan fingerprint density at radius 1 is 0.926 bits per heavy atom. The van der Waals surface area contributed by atoms with Crippen LogP contribution in [0, 0.1) is 0 Å². The first kappa shape index (κ1) is 17.3. The van der Waals surface area contributed by atoms with Gasteiger partial charge in [-0.05, 0) is 35.9 Å². The molecule has 0 spiro atoms. The summed E-state index contributed by atoms with van der Waals surface area (Å²) < 4.78 is 29.7. The highest BCUT2D eigenvalue weighted by molar-refractivity contribution is 7.89. The molecule has 0 N–H and O–H groups in total. The minimum absolute atomic E-state index is 0.0509. The number of aromatic nitrogens is 1. The summed E-state index contributed by atoms with van der Waals surface area (Å²) in [5.74, 6) is -0.294. The Kier molecular flexibility index (Phi) is 4.20. The van der Waals surface area contributed by atoms with Crippen LogP contribution in [0.2, 0.25) is 0 Å². The topological polar surface area (TPSA) is 59.4 Å². The van der Waals surface area contributed by atoms with Gasteiger partial charge in [0.15, 0.2) is 0 Å². The summed E-state index contributed by atoms with van der Waals surface area (Å²) >= 11 is 0. The van der Waals surface area contributed by atoms with Crippen LogP contribution < -0.4 is 0 Å². The van der Waals surface area contributed by atoms with Crippen molar-refractivity contribution in [2.75, 3.05) is 0 Å². The lowest BCUT2D eigenvalue weighted by Crippen LogP contribution is -2.38. The first-order valence-corrected chi connectivity index (χ1v) is 9.96. The lowest BCUT2D eigenvalue weighted by atomic mass is 10.1. The number of hydrogen-bond acceptors (Lipinski definition) is 3. The second kappa shape index (κ2) is 6.55. The van der Waals surface area contributed by atoms with Gasteiger partial charge in [0.05, 0.1) is 11.4 Å². The molecule has 4 rings (SSSR count). The van der Waals surface area contributed by atoms with Gasteiger partial charge in [0.1, 0.15) is 5.70 Å². The Labute approximate surface area is 158 Å². The predicted octanol–water partition coefficient (Wildman–Crippen LogP) is 3.45. The Hall–Kier alpha value is -3.12. The van der Waals surface area contributed by atoms with E-state index >= 15 is 0 Å². The Morgan fingerprint density at radius 3 is 2.33 bits per heavy atom. The smallest absolute Gasteiger partial charge is 0.265 e. The molecule has 0 radical (unpaired) electrons. The summed E-state index contributed by atoms with van der Waals surface area (Å²) in [4.78, 5) is 13.2. The lowest BCUT2D eigenvalue weighted by Gasteiger charge is -2.31. The van der Waals surface area contributed by atoms with E-state index in [0.29, 0.717) is 0 Å². The summed E-state index contributed by atoms with van der Waals surface area (Å²) in [7, 11) is -1.99. The zero-order valence-corrected chi connectivity index (χ0v) is 15.6. The molecule has 0 aliphatic carbocycles.